The zero-order valence-electron chi connectivity index (χ0n) is 16.6. The lowest BCUT2D eigenvalue weighted by Gasteiger charge is -1.99. The van der Waals surface area contributed by atoms with Gasteiger partial charge in [-0.25, -0.2) is 0 Å². The predicted octanol–water partition coefficient (Wildman–Crippen LogP) is 4.94. The standard InChI is InChI=1S/C18H35NO.CH4O4S/c1-2-3-4-5-6-7-8-9-10-11-12-13-14-15-16-17-18(19)20;1-5-6(2,3)4/h9-10H,2-8,11-17H2,1H3,(H2,19,20);1H3,(H,2,3,4)/b10-9-;. The first-order valence-electron chi connectivity index (χ1n) is 9.79. The summed E-state index contributed by atoms with van der Waals surface area (Å²) in [5.41, 5.74) is 5.10. The van der Waals surface area contributed by atoms with Crippen LogP contribution in [0.2, 0.25) is 0 Å². The Kier molecular flexibility index (Phi) is 21.4. The van der Waals surface area contributed by atoms with Crippen molar-refractivity contribution in [3.8, 4) is 0 Å². The highest BCUT2D eigenvalue weighted by molar-refractivity contribution is 7.80. The summed E-state index contributed by atoms with van der Waals surface area (Å²) < 4.78 is 29.7. The number of unbranched alkanes of at least 4 members (excludes halogenated alkanes) is 11. The zero-order chi connectivity index (χ0) is 20.1. The van der Waals surface area contributed by atoms with Gasteiger partial charge in [0.25, 0.3) is 0 Å². The molecule has 0 radical (unpaired) electrons. The second kappa shape index (κ2) is 20.4. The summed E-state index contributed by atoms with van der Waals surface area (Å²) in [5.74, 6) is -0.164. The predicted molar refractivity (Wildman–Crippen MR) is 107 cm³/mol. The minimum atomic E-state index is -4.16. The molecule has 0 saturated heterocycles. The molecule has 0 rings (SSSR count). The third kappa shape index (κ3) is 30.9. The first kappa shape index (κ1) is 27.3. The molecular formula is C19H39NO5S. The highest BCUT2D eigenvalue weighted by atomic mass is 32.3. The van der Waals surface area contributed by atoms with Crippen molar-refractivity contribution in [2.24, 2.45) is 5.73 Å². The van der Waals surface area contributed by atoms with Gasteiger partial charge in [0.05, 0.1) is 7.11 Å². The smallest absolute Gasteiger partial charge is 0.370 e. The Bertz CT molecular complexity index is 435. The summed E-state index contributed by atoms with van der Waals surface area (Å²) in [6, 6.07) is 0. The minimum absolute atomic E-state index is 0.164. The quantitative estimate of drug-likeness (QED) is 0.219. The maximum Gasteiger partial charge on any atom is 0.397 e. The van der Waals surface area contributed by atoms with Crippen LogP contribution >= 0.6 is 0 Å². The number of amides is 1. The highest BCUT2D eigenvalue weighted by Crippen LogP contribution is 2.09. The zero-order valence-corrected chi connectivity index (χ0v) is 17.4. The molecule has 0 aliphatic rings. The van der Waals surface area contributed by atoms with E-state index in [0.29, 0.717) is 6.42 Å². The first-order chi connectivity index (χ1) is 12.3. The lowest BCUT2D eigenvalue weighted by atomic mass is 10.1. The number of carbonyl (C=O) groups excluding carboxylic acids is 1. The van der Waals surface area contributed by atoms with Crippen molar-refractivity contribution in [3.05, 3.63) is 12.2 Å². The molecule has 0 aromatic carbocycles. The van der Waals surface area contributed by atoms with Gasteiger partial charge < -0.3 is 5.73 Å². The molecule has 3 N–H and O–H groups in total. The molecule has 0 atom stereocenters. The Morgan fingerprint density at radius 3 is 1.65 bits per heavy atom. The van der Waals surface area contributed by atoms with Crippen LogP contribution in [0.3, 0.4) is 0 Å². The molecule has 0 unspecified atom stereocenters. The minimum Gasteiger partial charge on any atom is -0.370 e. The second-order valence-corrected chi connectivity index (χ2v) is 7.58. The molecule has 0 aliphatic carbocycles. The van der Waals surface area contributed by atoms with Crippen molar-refractivity contribution in [2.45, 2.75) is 96.8 Å². The number of hydrogen-bond donors (Lipinski definition) is 2. The van der Waals surface area contributed by atoms with E-state index in [9.17, 15) is 13.2 Å². The van der Waals surface area contributed by atoms with E-state index in [0.717, 1.165) is 20.0 Å². The summed E-state index contributed by atoms with van der Waals surface area (Å²) >= 11 is 0. The Balaban J connectivity index is 0. The van der Waals surface area contributed by atoms with Crippen LogP contribution in [0.15, 0.2) is 12.2 Å². The fraction of sp³-hybridized carbons (Fsp3) is 0.842. The van der Waals surface area contributed by atoms with Gasteiger partial charge >= 0.3 is 10.4 Å². The maximum atomic E-state index is 10.5. The van der Waals surface area contributed by atoms with E-state index in [-0.39, 0.29) is 5.91 Å². The Morgan fingerprint density at radius 1 is 0.885 bits per heavy atom. The second-order valence-electron chi connectivity index (χ2n) is 6.39. The summed E-state index contributed by atoms with van der Waals surface area (Å²) in [4.78, 5) is 10.5. The molecule has 0 fully saturated rings. The Morgan fingerprint density at radius 2 is 1.27 bits per heavy atom. The highest BCUT2D eigenvalue weighted by Gasteiger charge is 1.95. The van der Waals surface area contributed by atoms with E-state index in [1.54, 1.807) is 0 Å². The number of primary amides is 1. The molecule has 1 amide bonds. The number of hydrogen-bond acceptors (Lipinski definition) is 4. The van der Waals surface area contributed by atoms with Gasteiger partial charge in [-0.3, -0.25) is 13.5 Å². The van der Waals surface area contributed by atoms with Crippen molar-refractivity contribution in [1.29, 1.82) is 0 Å². The third-order valence-corrected chi connectivity index (χ3v) is 4.32. The number of rotatable bonds is 16. The molecule has 0 spiro atoms. The largest absolute Gasteiger partial charge is 0.397 e. The molecular weight excluding hydrogens is 354 g/mol. The van der Waals surface area contributed by atoms with E-state index in [1.807, 2.05) is 0 Å². The van der Waals surface area contributed by atoms with Gasteiger partial charge in [0, 0.05) is 6.42 Å². The van der Waals surface area contributed by atoms with Crippen molar-refractivity contribution in [2.75, 3.05) is 7.11 Å². The maximum absolute atomic E-state index is 10.5. The Hall–Kier alpha value is -0.920. The molecule has 0 heterocycles. The van der Waals surface area contributed by atoms with Crippen molar-refractivity contribution >= 4 is 16.3 Å². The average molecular weight is 394 g/mol. The van der Waals surface area contributed by atoms with Gasteiger partial charge in [-0.1, -0.05) is 70.4 Å². The van der Waals surface area contributed by atoms with Gasteiger partial charge in [0.2, 0.25) is 5.91 Å². The number of allylic oxidation sites excluding steroid dienone is 2. The van der Waals surface area contributed by atoms with Crippen LogP contribution in [-0.4, -0.2) is 26.0 Å². The summed E-state index contributed by atoms with van der Waals surface area (Å²) in [6.07, 6.45) is 21.9. The van der Waals surface area contributed by atoms with E-state index in [4.69, 9.17) is 10.3 Å². The van der Waals surface area contributed by atoms with Crippen LogP contribution in [0.4, 0.5) is 0 Å². The van der Waals surface area contributed by atoms with Gasteiger partial charge in [-0.2, -0.15) is 8.42 Å². The normalized spacial score (nSPS) is 11.3. The van der Waals surface area contributed by atoms with E-state index >= 15 is 0 Å². The van der Waals surface area contributed by atoms with Crippen LogP contribution < -0.4 is 5.73 Å². The molecule has 0 aromatic heterocycles. The average Bonchev–Trinajstić information content (AvgIpc) is 2.58. The van der Waals surface area contributed by atoms with Crippen LogP contribution in [0.5, 0.6) is 0 Å². The van der Waals surface area contributed by atoms with Crippen LogP contribution in [-0.2, 0) is 19.4 Å². The summed E-state index contributed by atoms with van der Waals surface area (Å²) in [6.45, 7) is 2.26. The number of carbonyl (C=O) groups is 1. The van der Waals surface area contributed by atoms with Crippen molar-refractivity contribution < 1.29 is 21.9 Å². The molecule has 6 nitrogen and oxygen atoms in total. The topological polar surface area (TPSA) is 107 Å². The third-order valence-electron chi connectivity index (χ3n) is 3.90. The van der Waals surface area contributed by atoms with E-state index in [2.05, 4.69) is 23.3 Å². The van der Waals surface area contributed by atoms with Gasteiger partial charge in [-0.05, 0) is 32.1 Å². The lowest BCUT2D eigenvalue weighted by Crippen LogP contribution is -2.09. The van der Waals surface area contributed by atoms with Crippen LogP contribution in [0.1, 0.15) is 96.8 Å². The molecule has 26 heavy (non-hydrogen) atoms. The summed E-state index contributed by atoms with van der Waals surface area (Å²) in [7, 11) is -3.29. The first-order valence-corrected chi connectivity index (χ1v) is 11.2. The van der Waals surface area contributed by atoms with Gasteiger partial charge in [0.15, 0.2) is 0 Å². The molecule has 0 bridgehead atoms. The molecule has 0 aliphatic heterocycles. The Labute approximate surface area is 160 Å². The lowest BCUT2D eigenvalue weighted by molar-refractivity contribution is -0.118. The monoisotopic (exact) mass is 393 g/mol. The molecule has 156 valence electrons. The van der Waals surface area contributed by atoms with E-state index < -0.39 is 10.4 Å². The molecule has 0 saturated carbocycles. The fourth-order valence-electron chi connectivity index (χ4n) is 2.37. The van der Waals surface area contributed by atoms with Gasteiger partial charge in [-0.15, -0.1) is 0 Å². The summed E-state index contributed by atoms with van der Waals surface area (Å²) in [5, 5.41) is 0. The van der Waals surface area contributed by atoms with Crippen LogP contribution in [0.25, 0.3) is 0 Å². The fourth-order valence-corrected chi connectivity index (χ4v) is 2.37. The van der Waals surface area contributed by atoms with Crippen LogP contribution in [0, 0.1) is 0 Å². The SMILES string of the molecule is CCCCCCCC/C=C\CCCCCCCC(N)=O.COS(=O)(=O)O. The number of nitrogens with two attached hydrogens (primary N) is 1. The van der Waals surface area contributed by atoms with Crippen molar-refractivity contribution in [3.63, 3.8) is 0 Å². The molecule has 0 aromatic rings. The van der Waals surface area contributed by atoms with Crippen molar-refractivity contribution in [1.82, 2.24) is 0 Å². The molecule has 7 heteroatoms. The van der Waals surface area contributed by atoms with E-state index in [1.165, 1.54) is 70.6 Å². The van der Waals surface area contributed by atoms with Gasteiger partial charge in [0.1, 0.15) is 0 Å².